The molecule has 1 saturated heterocycles. The van der Waals surface area contributed by atoms with Gasteiger partial charge in [0.05, 0.1) is 0 Å². The zero-order valence-corrected chi connectivity index (χ0v) is 7.50. The van der Waals surface area contributed by atoms with Gasteiger partial charge in [0.2, 0.25) is 11.6 Å². The number of carboxylic acid groups (broad SMARTS) is 2. The van der Waals surface area contributed by atoms with Crippen molar-refractivity contribution in [3.05, 3.63) is 12.2 Å². The lowest BCUT2D eigenvalue weighted by Crippen LogP contribution is -2.33. The van der Waals surface area contributed by atoms with E-state index in [1.807, 2.05) is 0 Å². The van der Waals surface area contributed by atoms with E-state index in [1.165, 1.54) is 12.2 Å². The summed E-state index contributed by atoms with van der Waals surface area (Å²) < 4.78 is 14.2. The summed E-state index contributed by atoms with van der Waals surface area (Å²) in [5, 5.41) is 16.9. The van der Waals surface area contributed by atoms with Gasteiger partial charge in [0.15, 0.2) is 0 Å². The van der Waals surface area contributed by atoms with Crippen LogP contribution < -0.4 is 0 Å². The predicted octanol–water partition coefficient (Wildman–Crippen LogP) is 1.15. The van der Waals surface area contributed by atoms with Crippen LogP contribution in [0.15, 0.2) is 12.2 Å². The Morgan fingerprint density at radius 2 is 1.47 bits per heavy atom. The molecule has 2 aliphatic heterocycles. The summed E-state index contributed by atoms with van der Waals surface area (Å²) in [5.41, 5.74) is 0. The highest BCUT2D eigenvalue weighted by Gasteiger charge is 2.57. The van der Waals surface area contributed by atoms with Crippen molar-refractivity contribution in [3.8, 4) is 0 Å². The molecule has 0 aliphatic carbocycles. The third kappa shape index (κ3) is 1.61. The van der Waals surface area contributed by atoms with E-state index in [0.717, 1.165) is 0 Å². The van der Waals surface area contributed by atoms with Gasteiger partial charge in [-0.05, 0) is 12.2 Å². The highest BCUT2D eigenvalue weighted by molar-refractivity contribution is 5.59. The molecule has 2 rings (SSSR count). The second kappa shape index (κ2) is 2.86. The predicted molar refractivity (Wildman–Crippen MR) is 43.1 cm³/mol. The van der Waals surface area contributed by atoms with E-state index in [4.69, 9.17) is 14.9 Å². The molecule has 2 heterocycles. The number of hydrogen-bond acceptors (Lipinski definition) is 5. The van der Waals surface area contributed by atoms with E-state index < -0.39 is 23.9 Å². The van der Waals surface area contributed by atoms with Crippen LogP contribution in [0.25, 0.3) is 0 Å². The van der Waals surface area contributed by atoms with Crippen LogP contribution in [0.3, 0.4) is 0 Å². The monoisotopic (exact) mass is 216 g/mol. The normalized spacial score (nSPS) is 36.5. The van der Waals surface area contributed by atoms with Crippen LogP contribution in [0.4, 0.5) is 9.59 Å². The second-order valence-corrected chi connectivity index (χ2v) is 3.30. The Hall–Kier alpha value is -1.76. The number of ether oxygens (including phenoxy) is 3. The summed E-state index contributed by atoms with van der Waals surface area (Å²) in [6, 6.07) is 0. The summed E-state index contributed by atoms with van der Waals surface area (Å²) in [6.45, 7) is 0. The van der Waals surface area contributed by atoms with Gasteiger partial charge in [0.1, 0.15) is 0 Å². The standard InChI is InChI=1S/C8H8O7/c9-5(10)13-7-1-2-8(15-7,4-3-7)14-6(11)12/h1-2H,3-4H2,(H,9,10)(H,11,12). The van der Waals surface area contributed by atoms with E-state index in [2.05, 4.69) is 9.47 Å². The van der Waals surface area contributed by atoms with Crippen LogP contribution >= 0.6 is 0 Å². The fourth-order valence-electron chi connectivity index (χ4n) is 1.74. The molecule has 0 radical (unpaired) electrons. The average molecular weight is 216 g/mol. The quantitative estimate of drug-likeness (QED) is 0.527. The second-order valence-electron chi connectivity index (χ2n) is 3.30. The van der Waals surface area contributed by atoms with E-state index in [9.17, 15) is 9.59 Å². The molecule has 0 aromatic carbocycles. The fraction of sp³-hybridized carbons (Fsp3) is 0.500. The third-order valence-electron chi connectivity index (χ3n) is 2.28. The highest BCUT2D eigenvalue weighted by Crippen LogP contribution is 2.47. The van der Waals surface area contributed by atoms with Gasteiger partial charge < -0.3 is 19.7 Å². The van der Waals surface area contributed by atoms with Crippen LogP contribution in [0.2, 0.25) is 0 Å². The minimum Gasteiger partial charge on any atom is -0.450 e. The maximum absolute atomic E-state index is 10.4. The van der Waals surface area contributed by atoms with E-state index in [1.54, 1.807) is 0 Å². The van der Waals surface area contributed by atoms with Gasteiger partial charge in [-0.1, -0.05) is 0 Å². The van der Waals surface area contributed by atoms with Crippen molar-refractivity contribution >= 4 is 12.3 Å². The van der Waals surface area contributed by atoms with Crippen molar-refractivity contribution < 1.29 is 34.0 Å². The molecule has 82 valence electrons. The summed E-state index contributed by atoms with van der Waals surface area (Å²) in [7, 11) is 0. The van der Waals surface area contributed by atoms with E-state index >= 15 is 0 Å². The molecule has 7 heteroatoms. The molecule has 2 aliphatic rings. The summed E-state index contributed by atoms with van der Waals surface area (Å²) in [4.78, 5) is 20.7. The van der Waals surface area contributed by atoms with Crippen molar-refractivity contribution in [2.24, 2.45) is 0 Å². The number of carbonyl (C=O) groups is 2. The number of rotatable bonds is 2. The Kier molecular flexibility index (Phi) is 1.87. The van der Waals surface area contributed by atoms with Crippen molar-refractivity contribution in [1.82, 2.24) is 0 Å². The van der Waals surface area contributed by atoms with Gasteiger partial charge in [-0.3, -0.25) is 4.74 Å². The Balaban J connectivity index is 2.11. The Morgan fingerprint density at radius 1 is 1.07 bits per heavy atom. The zero-order chi connectivity index (χ0) is 11.1. The number of fused-ring (bicyclic) bond motifs is 2. The molecule has 0 saturated carbocycles. The topological polar surface area (TPSA) is 102 Å². The van der Waals surface area contributed by atoms with Gasteiger partial charge in [-0.2, -0.15) is 0 Å². The van der Waals surface area contributed by atoms with Gasteiger partial charge in [-0.25, -0.2) is 9.59 Å². The summed E-state index contributed by atoms with van der Waals surface area (Å²) >= 11 is 0. The molecular formula is C8H8O7. The van der Waals surface area contributed by atoms with Gasteiger partial charge in [-0.15, -0.1) is 0 Å². The van der Waals surface area contributed by atoms with Crippen LogP contribution in [0.1, 0.15) is 12.8 Å². The SMILES string of the molecule is O=C(O)OC12C=CC(OC(=O)O)(CC1)O2. The molecule has 0 aromatic rings. The smallest absolute Gasteiger partial charge is 0.450 e. The molecule has 1 fully saturated rings. The summed E-state index contributed by atoms with van der Waals surface area (Å²) in [6.07, 6.45) is 0.230. The number of hydrogen-bond donors (Lipinski definition) is 2. The molecule has 0 amide bonds. The van der Waals surface area contributed by atoms with Crippen LogP contribution in [0, 0.1) is 0 Å². The lowest BCUT2D eigenvalue weighted by atomic mass is 10.0. The average Bonchev–Trinajstić information content (AvgIpc) is 2.56. The molecule has 2 unspecified atom stereocenters. The lowest BCUT2D eigenvalue weighted by molar-refractivity contribution is -0.235. The van der Waals surface area contributed by atoms with Crippen LogP contribution in [-0.4, -0.2) is 34.1 Å². The van der Waals surface area contributed by atoms with Crippen molar-refractivity contribution in [2.45, 2.75) is 24.4 Å². The fourth-order valence-corrected chi connectivity index (χ4v) is 1.74. The summed E-state index contributed by atoms with van der Waals surface area (Å²) in [5.74, 6) is -2.78. The van der Waals surface area contributed by atoms with Crippen LogP contribution in [-0.2, 0) is 14.2 Å². The molecule has 7 nitrogen and oxygen atoms in total. The molecule has 2 atom stereocenters. The molecule has 0 aromatic heterocycles. The first-order valence-electron chi connectivity index (χ1n) is 4.20. The van der Waals surface area contributed by atoms with Gasteiger partial charge >= 0.3 is 12.3 Å². The van der Waals surface area contributed by atoms with E-state index in [0.29, 0.717) is 0 Å². The minimum atomic E-state index is -1.48. The van der Waals surface area contributed by atoms with Gasteiger partial charge in [0.25, 0.3) is 0 Å². The maximum Gasteiger partial charge on any atom is 0.508 e. The molecule has 0 spiro atoms. The molecule has 2 N–H and O–H groups in total. The minimum absolute atomic E-state index is 0.239. The Bertz CT molecular complexity index is 317. The maximum atomic E-state index is 10.4. The zero-order valence-electron chi connectivity index (χ0n) is 7.50. The van der Waals surface area contributed by atoms with Crippen LogP contribution in [0.5, 0.6) is 0 Å². The van der Waals surface area contributed by atoms with E-state index in [-0.39, 0.29) is 12.8 Å². The third-order valence-corrected chi connectivity index (χ3v) is 2.28. The molecule has 2 bridgehead atoms. The lowest BCUT2D eigenvalue weighted by Gasteiger charge is -2.22. The first-order chi connectivity index (χ1) is 6.95. The largest absolute Gasteiger partial charge is 0.508 e. The Labute approximate surface area is 83.8 Å². The molecular weight excluding hydrogens is 208 g/mol. The Morgan fingerprint density at radius 3 is 1.73 bits per heavy atom. The van der Waals surface area contributed by atoms with Gasteiger partial charge in [0, 0.05) is 12.8 Å². The molecule has 15 heavy (non-hydrogen) atoms. The van der Waals surface area contributed by atoms with Crippen molar-refractivity contribution in [2.75, 3.05) is 0 Å². The van der Waals surface area contributed by atoms with Crippen molar-refractivity contribution in [3.63, 3.8) is 0 Å². The highest BCUT2D eigenvalue weighted by atomic mass is 16.8. The van der Waals surface area contributed by atoms with Crippen molar-refractivity contribution in [1.29, 1.82) is 0 Å². The first kappa shape index (κ1) is 9.78. The first-order valence-corrected chi connectivity index (χ1v) is 4.20.